The van der Waals surface area contributed by atoms with Crippen molar-refractivity contribution in [3.8, 4) is 11.1 Å². The number of carbonyl (C=O) groups excluding carboxylic acids is 1. The van der Waals surface area contributed by atoms with Crippen molar-refractivity contribution in [3.63, 3.8) is 0 Å². The number of hydrogen-bond acceptors (Lipinski definition) is 5. The van der Waals surface area contributed by atoms with Crippen LogP contribution >= 0.6 is 11.6 Å². The first-order valence-electron chi connectivity index (χ1n) is 9.76. The van der Waals surface area contributed by atoms with Gasteiger partial charge in [0.1, 0.15) is 18.5 Å². The Labute approximate surface area is 179 Å². The number of nitrogens with zero attached hydrogens (tertiary/aromatic N) is 3. The molecular formula is C22H24ClN3O4. The fourth-order valence-corrected chi connectivity index (χ4v) is 4.63. The van der Waals surface area contributed by atoms with E-state index >= 15 is 0 Å². The summed E-state index contributed by atoms with van der Waals surface area (Å²) in [5.74, 6) is -0.423. The first-order chi connectivity index (χ1) is 14.4. The van der Waals surface area contributed by atoms with Crippen LogP contribution in [0.4, 0.5) is 0 Å². The summed E-state index contributed by atoms with van der Waals surface area (Å²) in [7, 11) is 1.37. The first-order valence-corrected chi connectivity index (χ1v) is 10.1. The molecule has 0 saturated carbocycles. The third kappa shape index (κ3) is 2.96. The number of carbonyl (C=O) groups is 1. The number of rotatable bonds is 6. The van der Waals surface area contributed by atoms with E-state index in [0.717, 1.165) is 39.0 Å². The highest BCUT2D eigenvalue weighted by Gasteiger charge is 2.32. The Kier molecular flexibility index (Phi) is 5.44. The van der Waals surface area contributed by atoms with E-state index in [4.69, 9.17) is 21.1 Å². The van der Waals surface area contributed by atoms with E-state index in [1.165, 1.54) is 7.11 Å². The summed E-state index contributed by atoms with van der Waals surface area (Å²) >= 11 is 6.74. The second-order valence-corrected chi connectivity index (χ2v) is 7.71. The molecule has 8 heteroatoms. The van der Waals surface area contributed by atoms with Gasteiger partial charge in [-0.3, -0.25) is 0 Å². The topological polar surface area (TPSA) is 78.5 Å². The van der Waals surface area contributed by atoms with E-state index in [1.54, 1.807) is 6.08 Å². The number of aliphatic hydroxyl groups excluding tert-OH is 1. The number of hydrogen-bond donors (Lipinski definition) is 1. The van der Waals surface area contributed by atoms with Crippen molar-refractivity contribution in [1.82, 2.24) is 14.3 Å². The summed E-state index contributed by atoms with van der Waals surface area (Å²) in [6.45, 7) is 8.57. The number of methoxy groups -OCH3 is 1. The lowest BCUT2D eigenvalue weighted by molar-refractivity contribution is 0.0587. The van der Waals surface area contributed by atoms with Crippen LogP contribution in [0.15, 0.2) is 24.8 Å². The van der Waals surface area contributed by atoms with Gasteiger partial charge in [-0.2, -0.15) is 5.10 Å². The molecule has 1 aliphatic heterocycles. The summed E-state index contributed by atoms with van der Waals surface area (Å²) < 4.78 is 14.6. The van der Waals surface area contributed by atoms with Crippen LogP contribution in [0.3, 0.4) is 0 Å². The highest BCUT2D eigenvalue weighted by atomic mass is 35.5. The van der Waals surface area contributed by atoms with Crippen molar-refractivity contribution in [2.45, 2.75) is 39.6 Å². The number of benzene rings is 1. The van der Waals surface area contributed by atoms with Gasteiger partial charge in [-0.1, -0.05) is 17.7 Å². The van der Waals surface area contributed by atoms with Crippen LogP contribution in [0.5, 0.6) is 0 Å². The molecule has 3 heterocycles. The van der Waals surface area contributed by atoms with Crippen molar-refractivity contribution < 1.29 is 19.4 Å². The molecule has 4 rings (SSSR count). The van der Waals surface area contributed by atoms with Crippen LogP contribution in [0.1, 0.15) is 40.0 Å². The fraction of sp³-hybridized carbons (Fsp3) is 0.364. The Morgan fingerprint density at radius 3 is 2.87 bits per heavy atom. The van der Waals surface area contributed by atoms with Gasteiger partial charge in [-0.15, -0.1) is 6.58 Å². The van der Waals surface area contributed by atoms with Crippen LogP contribution < -0.4 is 0 Å². The van der Waals surface area contributed by atoms with Gasteiger partial charge in [0.2, 0.25) is 0 Å². The van der Waals surface area contributed by atoms with Gasteiger partial charge >= 0.3 is 5.97 Å². The molecule has 1 aliphatic rings. The van der Waals surface area contributed by atoms with Crippen LogP contribution in [-0.2, 0) is 22.7 Å². The minimum atomic E-state index is -0.423. The zero-order chi connectivity index (χ0) is 21.6. The second-order valence-electron chi connectivity index (χ2n) is 7.31. The molecule has 3 aromatic rings. The first kappa shape index (κ1) is 20.7. The van der Waals surface area contributed by atoms with Gasteiger partial charge in [0.25, 0.3) is 0 Å². The van der Waals surface area contributed by atoms with Crippen LogP contribution in [-0.4, -0.2) is 39.1 Å². The molecule has 0 bridgehead atoms. The molecule has 2 aromatic heterocycles. The summed E-state index contributed by atoms with van der Waals surface area (Å²) in [4.78, 5) is 12.6. The SMILES string of the molecule is C=CC1OCn2nc(C)c(-c3c(Cl)ccc4c3c(C)c(C(=O)OC)n4CCCO)c21. The smallest absolute Gasteiger partial charge is 0.354 e. The predicted octanol–water partition coefficient (Wildman–Crippen LogP) is 4.16. The molecule has 0 fully saturated rings. The third-order valence-corrected chi connectivity index (χ3v) is 5.93. The number of aryl methyl sites for hydroxylation is 3. The van der Waals surface area contributed by atoms with Crippen LogP contribution in [0, 0.1) is 13.8 Å². The number of ether oxygens (including phenoxy) is 2. The molecule has 0 amide bonds. The normalized spacial score (nSPS) is 15.6. The largest absolute Gasteiger partial charge is 0.464 e. The highest BCUT2D eigenvalue weighted by Crippen LogP contribution is 2.45. The van der Waals surface area contributed by atoms with Crippen molar-refractivity contribution in [1.29, 1.82) is 0 Å². The number of fused-ring (bicyclic) bond motifs is 2. The van der Waals surface area contributed by atoms with Crippen molar-refractivity contribution in [2.24, 2.45) is 0 Å². The van der Waals surface area contributed by atoms with Crippen LogP contribution in [0.25, 0.3) is 22.0 Å². The minimum absolute atomic E-state index is 0.0220. The molecule has 158 valence electrons. The summed E-state index contributed by atoms with van der Waals surface area (Å²) in [5.41, 5.74) is 5.54. The average molecular weight is 430 g/mol. The second kappa shape index (κ2) is 7.91. The monoisotopic (exact) mass is 429 g/mol. The van der Waals surface area contributed by atoms with E-state index in [-0.39, 0.29) is 12.7 Å². The maximum Gasteiger partial charge on any atom is 0.354 e. The molecule has 0 aliphatic carbocycles. The Balaban J connectivity index is 2.09. The Hall–Kier alpha value is -2.61. The Morgan fingerprint density at radius 1 is 1.43 bits per heavy atom. The quantitative estimate of drug-likeness (QED) is 0.470. The van der Waals surface area contributed by atoms with Crippen molar-refractivity contribution in [2.75, 3.05) is 13.7 Å². The lowest BCUT2D eigenvalue weighted by Gasteiger charge is -2.12. The van der Waals surface area contributed by atoms with Gasteiger partial charge in [0.05, 0.1) is 18.5 Å². The number of esters is 1. The Morgan fingerprint density at radius 2 is 2.20 bits per heavy atom. The lowest BCUT2D eigenvalue weighted by atomic mass is 9.95. The van der Waals surface area contributed by atoms with Gasteiger partial charge in [-0.05, 0) is 38.0 Å². The van der Waals surface area contributed by atoms with E-state index in [2.05, 4.69) is 11.7 Å². The molecule has 1 unspecified atom stereocenters. The van der Waals surface area contributed by atoms with Gasteiger partial charge in [0, 0.05) is 40.2 Å². The summed E-state index contributed by atoms with van der Waals surface area (Å²) in [5, 5.41) is 15.4. The van der Waals surface area contributed by atoms with E-state index in [0.29, 0.717) is 30.4 Å². The van der Waals surface area contributed by atoms with Gasteiger partial charge < -0.3 is 19.1 Å². The molecule has 0 spiro atoms. The zero-order valence-corrected chi connectivity index (χ0v) is 18.0. The number of aliphatic hydroxyl groups is 1. The number of aromatic nitrogens is 3. The van der Waals surface area contributed by atoms with E-state index in [9.17, 15) is 9.90 Å². The molecule has 1 N–H and O–H groups in total. The van der Waals surface area contributed by atoms with Crippen molar-refractivity contribution >= 4 is 28.5 Å². The van der Waals surface area contributed by atoms with E-state index in [1.807, 2.05) is 35.2 Å². The molecule has 7 nitrogen and oxygen atoms in total. The van der Waals surface area contributed by atoms with Gasteiger partial charge in [0.15, 0.2) is 0 Å². The lowest BCUT2D eigenvalue weighted by Crippen LogP contribution is -2.12. The molecule has 0 radical (unpaired) electrons. The average Bonchev–Trinajstić information content (AvgIpc) is 3.36. The zero-order valence-electron chi connectivity index (χ0n) is 17.2. The molecular weight excluding hydrogens is 406 g/mol. The fourth-order valence-electron chi connectivity index (χ4n) is 4.38. The van der Waals surface area contributed by atoms with E-state index < -0.39 is 5.97 Å². The van der Waals surface area contributed by atoms with Crippen molar-refractivity contribution in [3.05, 3.63) is 52.5 Å². The maximum atomic E-state index is 12.6. The molecule has 30 heavy (non-hydrogen) atoms. The van der Waals surface area contributed by atoms with Gasteiger partial charge in [-0.25, -0.2) is 9.48 Å². The molecule has 0 saturated heterocycles. The summed E-state index contributed by atoms with van der Waals surface area (Å²) in [6.07, 6.45) is 1.97. The predicted molar refractivity (Wildman–Crippen MR) is 115 cm³/mol. The minimum Gasteiger partial charge on any atom is -0.464 e. The molecule has 1 aromatic carbocycles. The standard InChI is InChI=1S/C22H24ClN3O4/c1-5-16-21-18(13(3)24-26(21)11-30-16)19-14(23)7-8-15-17(19)12(2)20(22(28)29-4)25(15)9-6-10-27/h5,7-8,16,27H,1,6,9-11H2,2-4H3. The third-order valence-electron chi connectivity index (χ3n) is 5.62. The number of halogens is 1. The molecule has 1 atom stereocenters. The Bertz CT molecular complexity index is 1160. The maximum absolute atomic E-state index is 12.6. The summed E-state index contributed by atoms with van der Waals surface area (Å²) in [6, 6.07) is 3.73. The van der Waals surface area contributed by atoms with Crippen LogP contribution in [0.2, 0.25) is 5.02 Å². The highest BCUT2D eigenvalue weighted by molar-refractivity contribution is 6.35.